The minimum absolute atomic E-state index is 0.0108. The third-order valence-electron chi connectivity index (χ3n) is 3.17. The lowest BCUT2D eigenvalue weighted by Gasteiger charge is -2.41. The average molecular weight is 249 g/mol. The van der Waals surface area contributed by atoms with E-state index in [1.165, 1.54) is 0 Å². The first kappa shape index (κ1) is 12.8. The van der Waals surface area contributed by atoms with E-state index < -0.39 is 5.54 Å². The number of carbonyl (C=O) groups excluding carboxylic acids is 1. The summed E-state index contributed by atoms with van der Waals surface area (Å²) in [5.74, 6) is 0.617. The first-order valence-electron chi connectivity index (χ1n) is 6.07. The molecular weight excluding hydrogens is 230 g/mol. The van der Waals surface area contributed by atoms with Crippen LogP contribution in [0.2, 0.25) is 0 Å². The highest BCUT2D eigenvalue weighted by atomic mass is 16.2. The molecule has 0 aliphatic carbocycles. The molecule has 0 atom stereocenters. The first-order valence-corrected chi connectivity index (χ1v) is 6.07. The zero-order chi connectivity index (χ0) is 13.2. The van der Waals surface area contributed by atoms with Crippen molar-refractivity contribution < 1.29 is 4.79 Å². The number of nitrogens with zero attached hydrogens (tertiary/aromatic N) is 3. The van der Waals surface area contributed by atoms with Crippen LogP contribution in [0, 0.1) is 0 Å². The molecule has 0 bridgehead atoms. The van der Waals surface area contributed by atoms with Gasteiger partial charge in [0.15, 0.2) is 0 Å². The van der Waals surface area contributed by atoms with Crippen LogP contribution < -0.4 is 15.5 Å². The topological polar surface area (TPSA) is 70.2 Å². The van der Waals surface area contributed by atoms with Crippen LogP contribution in [0.1, 0.15) is 19.4 Å². The molecule has 1 aliphatic rings. The van der Waals surface area contributed by atoms with Crippen LogP contribution in [0.25, 0.3) is 0 Å². The van der Waals surface area contributed by atoms with E-state index in [9.17, 15) is 4.79 Å². The van der Waals surface area contributed by atoms with Gasteiger partial charge < -0.3 is 15.5 Å². The normalized spacial score (nSPS) is 18.6. The molecule has 0 radical (unpaired) electrons. The summed E-state index contributed by atoms with van der Waals surface area (Å²) in [4.78, 5) is 22.5. The second-order valence-corrected chi connectivity index (χ2v) is 4.89. The number of amides is 1. The Morgan fingerprint density at radius 2 is 2.11 bits per heavy atom. The predicted octanol–water partition coefficient (Wildman–Crippen LogP) is -0.0892. The van der Waals surface area contributed by atoms with Gasteiger partial charge in [0, 0.05) is 37.6 Å². The molecule has 98 valence electrons. The molecule has 1 saturated heterocycles. The maximum atomic E-state index is 11.9. The standard InChI is InChI=1S/C12H19N5O/c1-12(2)10(18)14-4-5-17(12)11-15-7-9(6-13-3)8-16-11/h7-8,13H,4-6H2,1-3H3,(H,14,18). The Hall–Kier alpha value is -1.69. The summed E-state index contributed by atoms with van der Waals surface area (Å²) < 4.78 is 0. The molecule has 6 nitrogen and oxygen atoms in total. The Balaban J connectivity index is 2.22. The maximum absolute atomic E-state index is 11.9. The van der Waals surface area contributed by atoms with Gasteiger partial charge in [0.05, 0.1) is 0 Å². The summed E-state index contributed by atoms with van der Waals surface area (Å²) in [5, 5.41) is 5.91. The summed E-state index contributed by atoms with van der Waals surface area (Å²) in [7, 11) is 1.88. The molecule has 1 aliphatic heterocycles. The number of aromatic nitrogens is 2. The molecule has 2 heterocycles. The molecule has 1 fully saturated rings. The smallest absolute Gasteiger partial charge is 0.245 e. The van der Waals surface area contributed by atoms with Crippen molar-refractivity contribution in [1.29, 1.82) is 0 Å². The molecule has 2 N–H and O–H groups in total. The third-order valence-corrected chi connectivity index (χ3v) is 3.17. The SMILES string of the molecule is CNCc1cnc(N2CCNC(=O)C2(C)C)nc1. The van der Waals surface area contributed by atoms with Crippen molar-refractivity contribution in [2.45, 2.75) is 25.9 Å². The second-order valence-electron chi connectivity index (χ2n) is 4.89. The van der Waals surface area contributed by atoms with Gasteiger partial charge in [-0.05, 0) is 20.9 Å². The lowest BCUT2D eigenvalue weighted by atomic mass is 9.99. The Morgan fingerprint density at radius 1 is 1.44 bits per heavy atom. The fourth-order valence-electron chi connectivity index (χ4n) is 2.03. The molecule has 0 aromatic carbocycles. The zero-order valence-electron chi connectivity index (χ0n) is 11.0. The highest BCUT2D eigenvalue weighted by Crippen LogP contribution is 2.22. The number of nitrogens with one attached hydrogen (secondary N) is 2. The Kier molecular flexibility index (Phi) is 3.47. The van der Waals surface area contributed by atoms with Gasteiger partial charge >= 0.3 is 0 Å². The Labute approximate surface area is 107 Å². The van der Waals surface area contributed by atoms with Crippen LogP contribution >= 0.6 is 0 Å². The summed E-state index contributed by atoms with van der Waals surface area (Å²) in [6, 6.07) is 0. The molecule has 1 aromatic heterocycles. The van der Waals surface area contributed by atoms with E-state index in [2.05, 4.69) is 20.6 Å². The van der Waals surface area contributed by atoms with E-state index >= 15 is 0 Å². The van der Waals surface area contributed by atoms with Crippen molar-refractivity contribution in [3.05, 3.63) is 18.0 Å². The third kappa shape index (κ3) is 2.28. The van der Waals surface area contributed by atoms with E-state index in [0.717, 1.165) is 18.7 Å². The van der Waals surface area contributed by atoms with E-state index in [4.69, 9.17) is 0 Å². The van der Waals surface area contributed by atoms with E-state index in [0.29, 0.717) is 12.5 Å². The van der Waals surface area contributed by atoms with Gasteiger partial charge in [0.1, 0.15) is 5.54 Å². The molecule has 2 rings (SSSR count). The summed E-state index contributed by atoms with van der Waals surface area (Å²) in [6.07, 6.45) is 3.59. The van der Waals surface area contributed by atoms with E-state index in [1.54, 1.807) is 12.4 Å². The summed E-state index contributed by atoms with van der Waals surface area (Å²) in [5.41, 5.74) is 0.420. The largest absolute Gasteiger partial charge is 0.352 e. The van der Waals surface area contributed by atoms with Crippen molar-refractivity contribution in [2.24, 2.45) is 0 Å². The molecule has 0 spiro atoms. The molecule has 18 heavy (non-hydrogen) atoms. The number of piperazine rings is 1. The van der Waals surface area contributed by atoms with Gasteiger partial charge in [-0.1, -0.05) is 0 Å². The highest BCUT2D eigenvalue weighted by Gasteiger charge is 2.38. The first-order chi connectivity index (χ1) is 8.55. The van der Waals surface area contributed by atoms with Crippen LogP contribution in [0.5, 0.6) is 0 Å². The number of carbonyl (C=O) groups is 1. The second kappa shape index (κ2) is 4.89. The monoisotopic (exact) mass is 249 g/mol. The summed E-state index contributed by atoms with van der Waals surface area (Å²) in [6.45, 7) is 5.86. The molecule has 6 heteroatoms. The van der Waals surface area contributed by atoms with Gasteiger partial charge in [-0.3, -0.25) is 4.79 Å². The minimum atomic E-state index is -0.608. The van der Waals surface area contributed by atoms with Gasteiger partial charge in [0.2, 0.25) is 11.9 Å². The number of anilines is 1. The van der Waals surface area contributed by atoms with Crippen molar-refractivity contribution in [2.75, 3.05) is 25.0 Å². The minimum Gasteiger partial charge on any atom is -0.352 e. The van der Waals surface area contributed by atoms with Crippen LogP contribution in [0.4, 0.5) is 5.95 Å². The summed E-state index contributed by atoms with van der Waals surface area (Å²) >= 11 is 0. The fraction of sp³-hybridized carbons (Fsp3) is 0.583. The average Bonchev–Trinajstić information content (AvgIpc) is 2.34. The molecule has 0 saturated carbocycles. The Bertz CT molecular complexity index is 429. The number of hydrogen-bond donors (Lipinski definition) is 2. The van der Waals surface area contributed by atoms with Gasteiger partial charge in [0.25, 0.3) is 0 Å². The molecule has 1 aromatic rings. The van der Waals surface area contributed by atoms with Gasteiger partial charge in [-0.25, -0.2) is 9.97 Å². The number of rotatable bonds is 3. The van der Waals surface area contributed by atoms with Crippen molar-refractivity contribution in [3.63, 3.8) is 0 Å². The van der Waals surface area contributed by atoms with E-state index in [1.807, 2.05) is 25.8 Å². The lowest BCUT2D eigenvalue weighted by Crippen LogP contribution is -2.62. The maximum Gasteiger partial charge on any atom is 0.245 e. The molecule has 1 amide bonds. The van der Waals surface area contributed by atoms with Crippen molar-refractivity contribution in [1.82, 2.24) is 20.6 Å². The Morgan fingerprint density at radius 3 is 2.72 bits per heavy atom. The predicted molar refractivity (Wildman–Crippen MR) is 69.2 cm³/mol. The van der Waals surface area contributed by atoms with Gasteiger partial charge in [-0.15, -0.1) is 0 Å². The number of hydrogen-bond acceptors (Lipinski definition) is 5. The zero-order valence-corrected chi connectivity index (χ0v) is 11.0. The van der Waals surface area contributed by atoms with Gasteiger partial charge in [-0.2, -0.15) is 0 Å². The van der Waals surface area contributed by atoms with Crippen molar-refractivity contribution >= 4 is 11.9 Å². The lowest BCUT2D eigenvalue weighted by molar-refractivity contribution is -0.126. The van der Waals surface area contributed by atoms with Crippen LogP contribution in [0.15, 0.2) is 12.4 Å². The molecular formula is C12H19N5O. The van der Waals surface area contributed by atoms with Crippen LogP contribution in [0.3, 0.4) is 0 Å². The van der Waals surface area contributed by atoms with E-state index in [-0.39, 0.29) is 5.91 Å². The van der Waals surface area contributed by atoms with Crippen LogP contribution in [-0.2, 0) is 11.3 Å². The molecule has 0 unspecified atom stereocenters. The quantitative estimate of drug-likeness (QED) is 0.783. The van der Waals surface area contributed by atoms with Crippen molar-refractivity contribution in [3.8, 4) is 0 Å². The fourth-order valence-corrected chi connectivity index (χ4v) is 2.03. The highest BCUT2D eigenvalue weighted by molar-refractivity contribution is 5.89. The van der Waals surface area contributed by atoms with Crippen LogP contribution in [-0.4, -0.2) is 41.6 Å².